The Hall–Kier alpha value is -2.96. The van der Waals surface area contributed by atoms with Gasteiger partial charge in [-0.3, -0.25) is 14.9 Å². The van der Waals surface area contributed by atoms with Crippen LogP contribution in [-0.2, 0) is 6.54 Å². The highest BCUT2D eigenvalue weighted by atomic mass is 16.6. The molecule has 1 N–H and O–H groups in total. The van der Waals surface area contributed by atoms with E-state index in [-0.39, 0.29) is 17.8 Å². The van der Waals surface area contributed by atoms with E-state index < -0.39 is 16.3 Å². The minimum absolute atomic E-state index is 0.0398. The normalized spacial score (nSPS) is 10.2. The number of rotatable bonds is 4. The molecule has 0 amide bonds. The zero-order valence-electron chi connectivity index (χ0n) is 10.2. The second-order valence-corrected chi connectivity index (χ2v) is 4.13. The van der Waals surface area contributed by atoms with Crippen molar-refractivity contribution in [2.24, 2.45) is 0 Å². The predicted octanol–water partition coefficient (Wildman–Crippen LogP) is 1.50. The lowest BCUT2D eigenvalue weighted by Crippen LogP contribution is -2.16. The molecule has 0 aliphatic rings. The van der Waals surface area contributed by atoms with Gasteiger partial charge in [-0.25, -0.2) is 4.79 Å². The van der Waals surface area contributed by atoms with Crippen LogP contribution in [0.3, 0.4) is 0 Å². The van der Waals surface area contributed by atoms with Crippen LogP contribution >= 0.6 is 0 Å². The molecule has 0 bridgehead atoms. The molecule has 1 aromatic heterocycles. The Morgan fingerprint density at radius 2 is 2.10 bits per heavy atom. The lowest BCUT2D eigenvalue weighted by Gasteiger charge is -2.07. The summed E-state index contributed by atoms with van der Waals surface area (Å²) in [6.07, 6.45) is 2.65. The number of aromatic carboxylic acids is 1. The first-order valence-corrected chi connectivity index (χ1v) is 5.64. The van der Waals surface area contributed by atoms with E-state index in [1.165, 1.54) is 29.1 Å². The number of aromatic nitrogens is 1. The number of benzene rings is 1. The van der Waals surface area contributed by atoms with Gasteiger partial charge in [0, 0.05) is 37.1 Å². The maximum Gasteiger partial charge on any atom is 0.341 e. The van der Waals surface area contributed by atoms with Gasteiger partial charge in [-0.2, -0.15) is 0 Å². The van der Waals surface area contributed by atoms with Gasteiger partial charge >= 0.3 is 5.97 Å². The third-order valence-electron chi connectivity index (χ3n) is 2.69. The van der Waals surface area contributed by atoms with Crippen molar-refractivity contribution < 1.29 is 14.8 Å². The minimum atomic E-state index is -1.30. The Labute approximate surface area is 112 Å². The highest BCUT2D eigenvalue weighted by molar-refractivity contribution is 5.86. The van der Waals surface area contributed by atoms with Crippen molar-refractivity contribution in [3.63, 3.8) is 0 Å². The number of carboxylic acid groups (broad SMARTS) is 1. The lowest BCUT2D eigenvalue weighted by atomic mass is 10.2. The number of nitro groups is 1. The Balaban J connectivity index is 2.33. The molecule has 7 nitrogen and oxygen atoms in total. The van der Waals surface area contributed by atoms with Crippen molar-refractivity contribution in [3.8, 4) is 0 Å². The SMILES string of the molecule is O=C(O)c1cn(Cc2cccc([N+](=O)[O-])c2)ccc1=O. The summed E-state index contributed by atoms with van der Waals surface area (Å²) < 4.78 is 1.49. The van der Waals surface area contributed by atoms with E-state index in [0.29, 0.717) is 5.56 Å². The summed E-state index contributed by atoms with van der Waals surface area (Å²) >= 11 is 0. The first-order valence-electron chi connectivity index (χ1n) is 5.64. The zero-order valence-corrected chi connectivity index (χ0v) is 10.2. The van der Waals surface area contributed by atoms with Gasteiger partial charge in [0.1, 0.15) is 5.56 Å². The molecule has 102 valence electrons. The van der Waals surface area contributed by atoms with E-state index >= 15 is 0 Å². The van der Waals surface area contributed by atoms with Crippen molar-refractivity contribution in [3.05, 3.63) is 74.2 Å². The maximum atomic E-state index is 11.3. The molecule has 0 unspecified atom stereocenters. The average Bonchev–Trinajstić information content (AvgIpc) is 2.41. The van der Waals surface area contributed by atoms with Crippen LogP contribution in [-0.4, -0.2) is 20.6 Å². The molecule has 0 fully saturated rings. The molecule has 0 aliphatic heterocycles. The van der Waals surface area contributed by atoms with Gasteiger partial charge in [0.25, 0.3) is 5.69 Å². The number of hydrogen-bond donors (Lipinski definition) is 1. The average molecular weight is 274 g/mol. The van der Waals surface area contributed by atoms with Crippen LogP contribution < -0.4 is 5.43 Å². The Morgan fingerprint density at radius 3 is 2.75 bits per heavy atom. The van der Waals surface area contributed by atoms with Crippen LogP contribution in [0.2, 0.25) is 0 Å². The number of nitrogens with zero attached hydrogens (tertiary/aromatic N) is 2. The fourth-order valence-electron chi connectivity index (χ4n) is 1.76. The van der Waals surface area contributed by atoms with Gasteiger partial charge in [-0.1, -0.05) is 12.1 Å². The number of carbonyl (C=O) groups is 1. The Bertz CT molecular complexity index is 736. The highest BCUT2D eigenvalue weighted by Gasteiger charge is 2.09. The number of carboxylic acids is 1. The van der Waals surface area contributed by atoms with Gasteiger partial charge in [-0.15, -0.1) is 0 Å². The number of non-ortho nitro benzene ring substituents is 1. The quantitative estimate of drug-likeness (QED) is 0.672. The van der Waals surface area contributed by atoms with E-state index in [0.717, 1.165) is 6.07 Å². The Morgan fingerprint density at radius 1 is 1.35 bits per heavy atom. The largest absolute Gasteiger partial charge is 0.477 e. The van der Waals surface area contributed by atoms with E-state index in [1.807, 2.05) is 0 Å². The van der Waals surface area contributed by atoms with Crippen molar-refractivity contribution in [2.75, 3.05) is 0 Å². The molecule has 0 saturated heterocycles. The Kier molecular flexibility index (Phi) is 3.60. The zero-order chi connectivity index (χ0) is 14.7. The van der Waals surface area contributed by atoms with Crippen LogP contribution in [0.25, 0.3) is 0 Å². The molecule has 0 radical (unpaired) electrons. The number of nitro benzene ring substituents is 1. The summed E-state index contributed by atoms with van der Waals surface area (Å²) in [6, 6.07) is 7.16. The molecule has 0 saturated carbocycles. The van der Waals surface area contributed by atoms with Crippen molar-refractivity contribution in [1.29, 1.82) is 0 Å². The van der Waals surface area contributed by atoms with Crippen LogP contribution in [0, 0.1) is 10.1 Å². The molecule has 2 rings (SSSR count). The molecule has 2 aromatic rings. The van der Waals surface area contributed by atoms with Gasteiger partial charge in [0.15, 0.2) is 5.43 Å². The molecular weight excluding hydrogens is 264 g/mol. The summed E-state index contributed by atoms with van der Waals surface area (Å²) in [5.41, 5.74) is -0.313. The minimum Gasteiger partial charge on any atom is -0.477 e. The summed E-state index contributed by atoms with van der Waals surface area (Å²) in [7, 11) is 0. The second kappa shape index (κ2) is 5.35. The topological polar surface area (TPSA) is 102 Å². The van der Waals surface area contributed by atoms with Crippen LogP contribution in [0.15, 0.2) is 47.5 Å². The van der Waals surface area contributed by atoms with Crippen molar-refractivity contribution >= 4 is 11.7 Å². The molecule has 0 aliphatic carbocycles. The molecular formula is C13H10N2O5. The molecule has 0 atom stereocenters. The maximum absolute atomic E-state index is 11.3. The summed E-state index contributed by atoms with van der Waals surface area (Å²) in [5, 5.41) is 19.5. The van der Waals surface area contributed by atoms with Gasteiger partial charge < -0.3 is 9.67 Å². The molecule has 7 heteroatoms. The van der Waals surface area contributed by atoms with Crippen molar-refractivity contribution in [2.45, 2.75) is 6.54 Å². The third kappa shape index (κ3) is 2.89. The standard InChI is InChI=1S/C13H10N2O5/c16-12-4-5-14(8-11(12)13(17)18)7-9-2-1-3-10(6-9)15(19)20/h1-6,8H,7H2,(H,17,18). The number of pyridine rings is 1. The van der Waals surface area contributed by atoms with E-state index in [9.17, 15) is 19.7 Å². The molecule has 1 heterocycles. The van der Waals surface area contributed by atoms with E-state index in [2.05, 4.69) is 0 Å². The van der Waals surface area contributed by atoms with Crippen molar-refractivity contribution in [1.82, 2.24) is 4.57 Å². The summed E-state index contributed by atoms with van der Waals surface area (Å²) in [5.74, 6) is -1.30. The third-order valence-corrected chi connectivity index (χ3v) is 2.69. The van der Waals surface area contributed by atoms with E-state index in [1.54, 1.807) is 12.1 Å². The summed E-state index contributed by atoms with van der Waals surface area (Å²) in [4.78, 5) is 32.4. The first-order chi connectivity index (χ1) is 9.47. The fourth-order valence-corrected chi connectivity index (χ4v) is 1.76. The first kappa shape index (κ1) is 13.5. The smallest absolute Gasteiger partial charge is 0.341 e. The van der Waals surface area contributed by atoms with Crippen LogP contribution in [0.1, 0.15) is 15.9 Å². The summed E-state index contributed by atoms with van der Waals surface area (Å²) in [6.45, 7) is 0.238. The lowest BCUT2D eigenvalue weighted by molar-refractivity contribution is -0.384. The van der Waals surface area contributed by atoms with Crippen LogP contribution in [0.4, 0.5) is 5.69 Å². The predicted molar refractivity (Wildman–Crippen MR) is 69.9 cm³/mol. The van der Waals surface area contributed by atoms with Gasteiger partial charge in [-0.05, 0) is 5.56 Å². The second-order valence-electron chi connectivity index (χ2n) is 4.13. The van der Waals surface area contributed by atoms with Gasteiger partial charge in [0.2, 0.25) is 0 Å². The monoisotopic (exact) mass is 274 g/mol. The molecule has 20 heavy (non-hydrogen) atoms. The molecule has 1 aromatic carbocycles. The van der Waals surface area contributed by atoms with E-state index in [4.69, 9.17) is 5.11 Å². The highest BCUT2D eigenvalue weighted by Crippen LogP contribution is 2.14. The van der Waals surface area contributed by atoms with Crippen LogP contribution in [0.5, 0.6) is 0 Å². The number of hydrogen-bond acceptors (Lipinski definition) is 4. The molecule has 0 spiro atoms. The fraction of sp³-hybridized carbons (Fsp3) is 0.0769. The van der Waals surface area contributed by atoms with Gasteiger partial charge in [0.05, 0.1) is 4.92 Å².